The highest BCUT2D eigenvalue weighted by Crippen LogP contribution is 2.15. The maximum Gasteiger partial charge on any atom is 0.326 e. The lowest BCUT2D eigenvalue weighted by molar-refractivity contribution is -0.131. The van der Waals surface area contributed by atoms with E-state index in [2.05, 4.69) is 0 Å². The molecule has 0 radical (unpaired) electrons. The number of rotatable bonds is 3. The number of carbonyl (C=O) groups is 1. The SMILES string of the molecule is O=C(CS(=O)O)Oc1ccc(Cl)cc1. The van der Waals surface area contributed by atoms with Crippen LogP contribution >= 0.6 is 11.6 Å². The molecule has 0 amide bonds. The van der Waals surface area contributed by atoms with Crippen LogP contribution in [0.15, 0.2) is 24.3 Å². The molecule has 6 heteroatoms. The highest BCUT2D eigenvalue weighted by molar-refractivity contribution is 7.80. The minimum atomic E-state index is -2.17. The van der Waals surface area contributed by atoms with E-state index >= 15 is 0 Å². The van der Waals surface area contributed by atoms with E-state index in [0.29, 0.717) is 10.8 Å². The van der Waals surface area contributed by atoms with E-state index in [0.717, 1.165) is 0 Å². The molecule has 76 valence electrons. The summed E-state index contributed by atoms with van der Waals surface area (Å²) in [5.74, 6) is -0.999. The fourth-order valence-electron chi connectivity index (χ4n) is 0.764. The van der Waals surface area contributed by atoms with Crippen molar-refractivity contribution in [2.45, 2.75) is 0 Å². The normalized spacial score (nSPS) is 12.1. The molecule has 0 saturated carbocycles. The summed E-state index contributed by atoms with van der Waals surface area (Å²) in [6.45, 7) is 0. The van der Waals surface area contributed by atoms with Crippen molar-refractivity contribution in [2.24, 2.45) is 0 Å². The van der Waals surface area contributed by atoms with Crippen LogP contribution in [-0.4, -0.2) is 20.5 Å². The summed E-state index contributed by atoms with van der Waals surface area (Å²) in [4.78, 5) is 10.9. The lowest BCUT2D eigenvalue weighted by Crippen LogP contribution is -2.16. The Hall–Kier alpha value is -0.910. The third-order valence-corrected chi connectivity index (χ3v) is 2.02. The molecule has 0 aromatic heterocycles. The van der Waals surface area contributed by atoms with E-state index < -0.39 is 22.8 Å². The topological polar surface area (TPSA) is 63.6 Å². The van der Waals surface area contributed by atoms with Crippen molar-refractivity contribution in [1.29, 1.82) is 0 Å². The summed E-state index contributed by atoms with van der Waals surface area (Å²) in [7, 11) is 0. The largest absolute Gasteiger partial charge is 0.426 e. The molecule has 1 aromatic rings. The van der Waals surface area contributed by atoms with E-state index in [1.54, 1.807) is 12.1 Å². The monoisotopic (exact) mass is 234 g/mol. The molecule has 0 fully saturated rings. The molecule has 0 aliphatic carbocycles. The highest BCUT2D eigenvalue weighted by Gasteiger charge is 2.07. The summed E-state index contributed by atoms with van der Waals surface area (Å²) in [6, 6.07) is 6.11. The van der Waals surface area contributed by atoms with E-state index in [4.69, 9.17) is 20.9 Å². The van der Waals surface area contributed by atoms with Gasteiger partial charge in [0.25, 0.3) is 0 Å². The van der Waals surface area contributed by atoms with Gasteiger partial charge in [0.15, 0.2) is 11.1 Å². The van der Waals surface area contributed by atoms with Gasteiger partial charge in [-0.25, -0.2) is 4.21 Å². The molecular formula is C8H7ClO4S. The maximum absolute atomic E-state index is 10.9. The van der Waals surface area contributed by atoms with Gasteiger partial charge in [-0.05, 0) is 24.3 Å². The second kappa shape index (κ2) is 5.09. The van der Waals surface area contributed by atoms with Crippen LogP contribution in [-0.2, 0) is 15.9 Å². The first kappa shape index (κ1) is 11.2. The standard InChI is InChI=1S/C8H7ClO4S/c9-6-1-3-7(4-2-6)13-8(10)5-14(11)12/h1-4H,5H2,(H,11,12). The highest BCUT2D eigenvalue weighted by atomic mass is 35.5. The van der Waals surface area contributed by atoms with Gasteiger partial charge >= 0.3 is 5.97 Å². The summed E-state index contributed by atoms with van der Waals surface area (Å²) in [6.07, 6.45) is 0. The molecule has 14 heavy (non-hydrogen) atoms. The van der Waals surface area contributed by atoms with Crippen molar-refractivity contribution < 1.29 is 18.3 Å². The Kier molecular flexibility index (Phi) is 4.06. The van der Waals surface area contributed by atoms with Gasteiger partial charge in [0, 0.05) is 5.02 Å². The Labute approximate surface area is 88.1 Å². The molecule has 1 aromatic carbocycles. The first-order valence-corrected chi connectivity index (χ1v) is 5.27. The van der Waals surface area contributed by atoms with Crippen molar-refractivity contribution in [3.63, 3.8) is 0 Å². The van der Waals surface area contributed by atoms with Crippen LogP contribution in [0.4, 0.5) is 0 Å². The molecule has 0 heterocycles. The number of halogens is 1. The van der Waals surface area contributed by atoms with Gasteiger partial charge in [-0.3, -0.25) is 4.79 Å². The Balaban J connectivity index is 2.56. The Morgan fingerprint density at radius 1 is 1.43 bits per heavy atom. The number of hydrogen-bond donors (Lipinski definition) is 1. The molecule has 0 aliphatic heterocycles. The third-order valence-electron chi connectivity index (χ3n) is 1.29. The Morgan fingerprint density at radius 2 is 2.00 bits per heavy atom. The van der Waals surface area contributed by atoms with Crippen molar-refractivity contribution in [3.05, 3.63) is 29.3 Å². The minimum absolute atomic E-state index is 0.296. The lowest BCUT2D eigenvalue weighted by Gasteiger charge is -2.01. The van der Waals surface area contributed by atoms with Crippen LogP contribution in [0.2, 0.25) is 5.02 Å². The van der Waals surface area contributed by atoms with Crippen LogP contribution in [0.25, 0.3) is 0 Å². The van der Waals surface area contributed by atoms with Crippen molar-refractivity contribution in [1.82, 2.24) is 0 Å². The van der Waals surface area contributed by atoms with Crippen LogP contribution in [0.3, 0.4) is 0 Å². The van der Waals surface area contributed by atoms with Crippen LogP contribution in [0.5, 0.6) is 5.75 Å². The van der Waals surface area contributed by atoms with E-state index in [1.807, 2.05) is 0 Å². The predicted octanol–water partition coefficient (Wildman–Crippen LogP) is 1.47. The molecule has 0 spiro atoms. The Bertz CT molecular complexity index is 349. The number of hydrogen-bond acceptors (Lipinski definition) is 3. The number of carbonyl (C=O) groups excluding carboxylic acids is 1. The maximum atomic E-state index is 10.9. The molecule has 1 atom stereocenters. The van der Waals surface area contributed by atoms with Gasteiger partial charge in [0.1, 0.15) is 11.5 Å². The van der Waals surface area contributed by atoms with E-state index in [1.165, 1.54) is 12.1 Å². The fourth-order valence-corrected chi connectivity index (χ4v) is 1.15. The second-order valence-electron chi connectivity index (χ2n) is 2.39. The molecule has 0 aliphatic rings. The minimum Gasteiger partial charge on any atom is -0.426 e. The molecule has 1 N–H and O–H groups in total. The van der Waals surface area contributed by atoms with Gasteiger partial charge < -0.3 is 9.29 Å². The van der Waals surface area contributed by atoms with E-state index in [9.17, 15) is 9.00 Å². The van der Waals surface area contributed by atoms with Gasteiger partial charge in [0.05, 0.1) is 0 Å². The van der Waals surface area contributed by atoms with Crippen LogP contribution in [0.1, 0.15) is 0 Å². The number of esters is 1. The van der Waals surface area contributed by atoms with Gasteiger partial charge in [-0.1, -0.05) is 11.6 Å². The van der Waals surface area contributed by atoms with Crippen molar-refractivity contribution >= 4 is 28.7 Å². The Morgan fingerprint density at radius 3 is 2.50 bits per heavy atom. The molecule has 1 rings (SSSR count). The molecular weight excluding hydrogens is 228 g/mol. The predicted molar refractivity (Wildman–Crippen MR) is 52.7 cm³/mol. The molecule has 0 saturated heterocycles. The first-order chi connectivity index (χ1) is 6.58. The van der Waals surface area contributed by atoms with E-state index in [-0.39, 0.29) is 0 Å². The average Bonchev–Trinajstić information content (AvgIpc) is 2.07. The van der Waals surface area contributed by atoms with Gasteiger partial charge in [-0.15, -0.1) is 0 Å². The smallest absolute Gasteiger partial charge is 0.326 e. The van der Waals surface area contributed by atoms with Gasteiger partial charge in [-0.2, -0.15) is 0 Å². The summed E-state index contributed by atoms with van der Waals surface area (Å²) < 4.78 is 23.4. The molecule has 1 unspecified atom stereocenters. The zero-order valence-electron chi connectivity index (χ0n) is 6.97. The average molecular weight is 235 g/mol. The lowest BCUT2D eigenvalue weighted by atomic mass is 10.3. The zero-order chi connectivity index (χ0) is 10.6. The van der Waals surface area contributed by atoms with Crippen LogP contribution < -0.4 is 4.74 Å². The molecule has 0 bridgehead atoms. The summed E-state index contributed by atoms with van der Waals surface area (Å²) in [5, 5.41) is 0.524. The van der Waals surface area contributed by atoms with Gasteiger partial charge in [0.2, 0.25) is 0 Å². The quantitative estimate of drug-likeness (QED) is 0.489. The summed E-state index contributed by atoms with van der Waals surface area (Å²) >= 11 is 3.43. The third kappa shape index (κ3) is 3.87. The zero-order valence-corrected chi connectivity index (χ0v) is 8.55. The summed E-state index contributed by atoms with van der Waals surface area (Å²) in [5.41, 5.74) is 0. The fraction of sp³-hybridized carbons (Fsp3) is 0.125. The first-order valence-electron chi connectivity index (χ1n) is 3.61. The molecule has 4 nitrogen and oxygen atoms in total. The number of ether oxygens (including phenoxy) is 1. The second-order valence-corrected chi connectivity index (χ2v) is 3.76. The number of benzene rings is 1. The van der Waals surface area contributed by atoms with Crippen molar-refractivity contribution in [2.75, 3.05) is 5.75 Å². The van der Waals surface area contributed by atoms with Crippen molar-refractivity contribution in [3.8, 4) is 5.75 Å². The van der Waals surface area contributed by atoms with Crippen LogP contribution in [0, 0.1) is 0 Å².